The second kappa shape index (κ2) is 8.29. The summed E-state index contributed by atoms with van der Waals surface area (Å²) in [6.07, 6.45) is 0. The highest BCUT2D eigenvalue weighted by molar-refractivity contribution is 7.89. The van der Waals surface area contributed by atoms with E-state index in [0.717, 1.165) is 16.4 Å². The predicted octanol–water partition coefficient (Wildman–Crippen LogP) is 2.02. The average Bonchev–Trinajstić information content (AvgIpc) is 2.98. The first-order chi connectivity index (χ1) is 14.4. The van der Waals surface area contributed by atoms with Gasteiger partial charge in [0.2, 0.25) is 10.0 Å². The van der Waals surface area contributed by atoms with E-state index in [9.17, 15) is 22.0 Å². The van der Waals surface area contributed by atoms with Crippen molar-refractivity contribution >= 4 is 15.9 Å². The molecule has 1 fully saturated rings. The van der Waals surface area contributed by atoms with Gasteiger partial charge >= 0.3 is 0 Å². The second-order valence-corrected chi connectivity index (χ2v) is 8.93. The summed E-state index contributed by atoms with van der Waals surface area (Å²) >= 11 is 0. The molecular weight excluding hydrogens is 418 g/mol. The van der Waals surface area contributed by atoms with E-state index in [4.69, 9.17) is 9.47 Å². The molecule has 0 N–H and O–H groups in total. The lowest BCUT2D eigenvalue weighted by atomic mass is 10.1. The summed E-state index contributed by atoms with van der Waals surface area (Å²) in [7, 11) is -4.09. The average molecular weight is 438 g/mol. The van der Waals surface area contributed by atoms with Crippen molar-refractivity contribution in [3.63, 3.8) is 0 Å². The molecule has 2 aromatic rings. The van der Waals surface area contributed by atoms with Gasteiger partial charge in [-0.15, -0.1) is 0 Å². The molecule has 0 aliphatic carbocycles. The summed E-state index contributed by atoms with van der Waals surface area (Å²) in [5, 5.41) is 0. The molecule has 2 heterocycles. The summed E-state index contributed by atoms with van der Waals surface area (Å²) in [5.41, 5.74) is 0.948. The number of rotatable bonds is 3. The normalized spacial score (nSPS) is 17.7. The van der Waals surface area contributed by atoms with Crippen LogP contribution in [0.4, 0.5) is 8.78 Å². The van der Waals surface area contributed by atoms with Crippen LogP contribution in [-0.4, -0.2) is 63.0 Å². The van der Waals surface area contributed by atoms with E-state index < -0.39 is 21.7 Å². The molecule has 0 aromatic heterocycles. The number of amides is 1. The second-order valence-electron chi connectivity index (χ2n) is 6.99. The summed E-state index contributed by atoms with van der Waals surface area (Å²) in [5.74, 6) is -2.04. The zero-order valence-electron chi connectivity index (χ0n) is 16.0. The van der Waals surface area contributed by atoms with Crippen LogP contribution < -0.4 is 4.74 Å². The van der Waals surface area contributed by atoms with Crippen molar-refractivity contribution in [2.24, 2.45) is 0 Å². The zero-order valence-corrected chi connectivity index (χ0v) is 16.8. The molecule has 0 spiro atoms. The Labute approximate surface area is 172 Å². The Bertz CT molecular complexity index is 1070. The first-order valence-electron chi connectivity index (χ1n) is 9.44. The Kier molecular flexibility index (Phi) is 5.72. The number of sulfonamides is 1. The number of carbonyl (C=O) groups is 1. The van der Waals surface area contributed by atoms with E-state index in [1.54, 1.807) is 23.1 Å². The van der Waals surface area contributed by atoms with Gasteiger partial charge < -0.3 is 14.4 Å². The molecule has 10 heteroatoms. The van der Waals surface area contributed by atoms with Crippen molar-refractivity contribution in [3.05, 3.63) is 59.2 Å². The predicted molar refractivity (Wildman–Crippen MR) is 103 cm³/mol. The van der Waals surface area contributed by atoms with Crippen molar-refractivity contribution in [1.82, 2.24) is 9.21 Å². The number of carbonyl (C=O) groups excluding carboxylic acids is 1. The van der Waals surface area contributed by atoms with E-state index >= 15 is 0 Å². The molecule has 0 radical (unpaired) electrons. The van der Waals surface area contributed by atoms with Crippen LogP contribution in [0, 0.1) is 11.6 Å². The number of morpholine rings is 1. The Morgan fingerprint density at radius 2 is 1.70 bits per heavy atom. The van der Waals surface area contributed by atoms with E-state index in [2.05, 4.69) is 0 Å². The SMILES string of the molecule is O=C(c1ccc2c(c1)CN(S(=O)(=O)c1ccc(F)c(F)c1)CCO2)N1CCOCC1. The fourth-order valence-electron chi connectivity index (χ4n) is 3.44. The van der Waals surface area contributed by atoms with Crippen LogP contribution in [0.1, 0.15) is 15.9 Å². The molecule has 2 aliphatic heterocycles. The summed E-state index contributed by atoms with van der Waals surface area (Å²) < 4.78 is 64.8. The molecule has 7 nitrogen and oxygen atoms in total. The van der Waals surface area contributed by atoms with Gasteiger partial charge in [-0.3, -0.25) is 4.79 Å². The Morgan fingerprint density at radius 1 is 0.933 bits per heavy atom. The maximum Gasteiger partial charge on any atom is 0.254 e. The van der Waals surface area contributed by atoms with E-state index in [1.807, 2.05) is 0 Å². The maximum absolute atomic E-state index is 13.6. The first kappa shape index (κ1) is 20.7. The number of hydrogen-bond acceptors (Lipinski definition) is 5. The minimum absolute atomic E-state index is 0.0305. The van der Waals surface area contributed by atoms with E-state index in [0.29, 0.717) is 49.2 Å². The van der Waals surface area contributed by atoms with Crippen LogP contribution in [0.5, 0.6) is 5.75 Å². The number of benzene rings is 2. The van der Waals surface area contributed by atoms with Crippen molar-refractivity contribution in [2.75, 3.05) is 39.5 Å². The molecule has 0 unspecified atom stereocenters. The summed E-state index contributed by atoms with van der Waals surface area (Å²) in [4.78, 5) is 14.1. The van der Waals surface area contributed by atoms with Crippen LogP contribution in [0.25, 0.3) is 0 Å². The van der Waals surface area contributed by atoms with Gasteiger partial charge in [-0.2, -0.15) is 4.31 Å². The minimum Gasteiger partial charge on any atom is -0.492 e. The Balaban J connectivity index is 1.62. The van der Waals surface area contributed by atoms with Crippen LogP contribution in [0.15, 0.2) is 41.3 Å². The molecule has 0 saturated carbocycles. The molecule has 30 heavy (non-hydrogen) atoms. The third-order valence-electron chi connectivity index (χ3n) is 5.08. The third-order valence-corrected chi connectivity index (χ3v) is 6.92. The summed E-state index contributed by atoms with van der Waals surface area (Å²) in [6, 6.07) is 7.39. The van der Waals surface area contributed by atoms with Crippen LogP contribution in [0.2, 0.25) is 0 Å². The highest BCUT2D eigenvalue weighted by Gasteiger charge is 2.29. The van der Waals surface area contributed by atoms with Crippen molar-refractivity contribution in [3.8, 4) is 5.75 Å². The van der Waals surface area contributed by atoms with Gasteiger partial charge in [0, 0.05) is 37.3 Å². The molecule has 1 saturated heterocycles. The molecule has 160 valence electrons. The van der Waals surface area contributed by atoms with Gasteiger partial charge in [0.1, 0.15) is 12.4 Å². The zero-order chi connectivity index (χ0) is 21.3. The number of halogens is 2. The minimum atomic E-state index is -4.09. The molecular formula is C20H20F2N2O5S. The van der Waals surface area contributed by atoms with Crippen LogP contribution in [-0.2, 0) is 21.3 Å². The topological polar surface area (TPSA) is 76.2 Å². The lowest BCUT2D eigenvalue weighted by Gasteiger charge is -2.27. The molecule has 0 bridgehead atoms. The van der Waals surface area contributed by atoms with Gasteiger partial charge in [0.15, 0.2) is 11.6 Å². The van der Waals surface area contributed by atoms with Gasteiger partial charge in [0.25, 0.3) is 5.91 Å². The largest absolute Gasteiger partial charge is 0.492 e. The number of ether oxygens (including phenoxy) is 2. The Morgan fingerprint density at radius 3 is 2.43 bits per heavy atom. The van der Waals surface area contributed by atoms with Crippen molar-refractivity contribution in [2.45, 2.75) is 11.4 Å². The van der Waals surface area contributed by atoms with Crippen molar-refractivity contribution < 1.29 is 31.5 Å². The van der Waals surface area contributed by atoms with Crippen LogP contribution >= 0.6 is 0 Å². The first-order valence-corrected chi connectivity index (χ1v) is 10.9. The van der Waals surface area contributed by atoms with Gasteiger partial charge in [0.05, 0.1) is 18.1 Å². The molecule has 4 rings (SSSR count). The highest BCUT2D eigenvalue weighted by atomic mass is 32.2. The van der Waals surface area contributed by atoms with Gasteiger partial charge in [-0.1, -0.05) is 0 Å². The fraction of sp³-hybridized carbons (Fsp3) is 0.350. The molecule has 0 atom stereocenters. The molecule has 2 aliphatic rings. The smallest absolute Gasteiger partial charge is 0.254 e. The van der Waals surface area contributed by atoms with Crippen molar-refractivity contribution in [1.29, 1.82) is 0 Å². The van der Waals surface area contributed by atoms with Crippen LogP contribution in [0.3, 0.4) is 0 Å². The van der Waals surface area contributed by atoms with Gasteiger partial charge in [-0.05, 0) is 36.4 Å². The lowest BCUT2D eigenvalue weighted by molar-refractivity contribution is 0.0303. The van der Waals surface area contributed by atoms with E-state index in [1.165, 1.54) is 0 Å². The standard InChI is InChI=1S/C20H20F2N2O5S/c21-17-3-2-16(12-18(17)22)30(26,27)24-7-10-29-19-4-1-14(11-15(19)13-24)20(25)23-5-8-28-9-6-23/h1-4,11-12H,5-10,13H2. The number of hydrogen-bond donors (Lipinski definition) is 0. The highest BCUT2D eigenvalue weighted by Crippen LogP contribution is 2.28. The molecule has 2 aromatic carbocycles. The monoisotopic (exact) mass is 438 g/mol. The quantitative estimate of drug-likeness (QED) is 0.733. The number of nitrogens with zero attached hydrogens (tertiary/aromatic N) is 2. The van der Waals surface area contributed by atoms with Gasteiger partial charge in [-0.25, -0.2) is 17.2 Å². The van der Waals surface area contributed by atoms with E-state index in [-0.39, 0.29) is 30.5 Å². The maximum atomic E-state index is 13.6. The lowest BCUT2D eigenvalue weighted by Crippen LogP contribution is -2.40. The third kappa shape index (κ3) is 4.03. The molecule has 1 amide bonds. The summed E-state index contributed by atoms with van der Waals surface area (Å²) in [6.45, 7) is 1.99. The fourth-order valence-corrected chi connectivity index (χ4v) is 4.86. The Hall–Kier alpha value is -2.56. The number of fused-ring (bicyclic) bond motifs is 1.